The van der Waals surface area contributed by atoms with E-state index in [1.807, 2.05) is 23.1 Å². The van der Waals surface area contributed by atoms with E-state index in [4.69, 9.17) is 10.7 Å². The smallest absolute Gasteiger partial charge is 0.253 e. The molecular formula is C28H29F2N5O. The highest BCUT2D eigenvalue weighted by Gasteiger charge is 2.29. The second kappa shape index (κ2) is 8.13. The number of nitrogens with zero attached hydrogens (tertiary/aromatic N) is 4. The van der Waals surface area contributed by atoms with Crippen molar-refractivity contribution in [1.82, 2.24) is 19.0 Å². The van der Waals surface area contributed by atoms with E-state index in [1.165, 1.54) is 12.1 Å². The van der Waals surface area contributed by atoms with Crippen molar-refractivity contribution in [3.63, 3.8) is 0 Å². The van der Waals surface area contributed by atoms with Crippen LogP contribution in [0.4, 0.5) is 8.78 Å². The number of carbonyl (C=O) groups is 1. The van der Waals surface area contributed by atoms with Crippen LogP contribution in [0.5, 0.6) is 0 Å². The van der Waals surface area contributed by atoms with Gasteiger partial charge in [-0.05, 0) is 74.3 Å². The predicted molar refractivity (Wildman–Crippen MR) is 135 cm³/mol. The Morgan fingerprint density at radius 3 is 2.67 bits per heavy atom. The number of aromatic nitrogens is 3. The molecule has 2 N–H and O–H groups in total. The maximum Gasteiger partial charge on any atom is 0.253 e. The summed E-state index contributed by atoms with van der Waals surface area (Å²) < 4.78 is 32.6. The number of carbonyl (C=O) groups excluding carboxylic acids is 1. The maximum atomic E-state index is 14.2. The summed E-state index contributed by atoms with van der Waals surface area (Å²) in [4.78, 5) is 20.3. The third-order valence-corrected chi connectivity index (χ3v) is 8.05. The normalized spacial score (nSPS) is 20.0. The van der Waals surface area contributed by atoms with E-state index in [2.05, 4.69) is 9.13 Å². The van der Waals surface area contributed by atoms with Crippen LogP contribution in [0.1, 0.15) is 48.0 Å². The molecule has 6 nitrogen and oxygen atoms in total. The molecule has 1 aliphatic carbocycles. The number of rotatable bonds is 4. The van der Waals surface area contributed by atoms with E-state index in [1.54, 1.807) is 0 Å². The average Bonchev–Trinajstić information content (AvgIpc) is 3.53. The van der Waals surface area contributed by atoms with E-state index in [9.17, 15) is 13.6 Å². The van der Waals surface area contributed by atoms with Crippen molar-refractivity contribution >= 4 is 27.8 Å². The first-order chi connectivity index (χ1) is 17.5. The van der Waals surface area contributed by atoms with E-state index < -0.39 is 11.6 Å². The van der Waals surface area contributed by atoms with Crippen LogP contribution in [0.3, 0.4) is 0 Å². The zero-order valence-electron chi connectivity index (χ0n) is 20.1. The number of fused-ring (bicyclic) bond motifs is 1. The largest absolute Gasteiger partial charge is 0.338 e. The van der Waals surface area contributed by atoms with Crippen molar-refractivity contribution in [1.29, 1.82) is 0 Å². The van der Waals surface area contributed by atoms with Crippen LogP contribution in [0, 0.1) is 17.6 Å². The Balaban J connectivity index is 1.38. The molecule has 0 bridgehead atoms. The molecule has 2 fully saturated rings. The zero-order chi connectivity index (χ0) is 24.6. The third-order valence-electron chi connectivity index (χ3n) is 8.05. The van der Waals surface area contributed by atoms with Gasteiger partial charge in [-0.3, -0.25) is 4.79 Å². The van der Waals surface area contributed by atoms with Gasteiger partial charge in [0, 0.05) is 49.2 Å². The number of aryl methyl sites for hydroxylation is 2. The fourth-order valence-electron chi connectivity index (χ4n) is 6.08. The first-order valence-corrected chi connectivity index (χ1v) is 13.0. The van der Waals surface area contributed by atoms with E-state index >= 15 is 0 Å². The average molecular weight is 490 g/mol. The molecule has 36 heavy (non-hydrogen) atoms. The molecule has 3 aliphatic rings. The van der Waals surface area contributed by atoms with Crippen molar-refractivity contribution < 1.29 is 13.6 Å². The number of halogens is 2. The number of likely N-dealkylation sites (tertiary alicyclic amines) is 1. The maximum absolute atomic E-state index is 14.2. The molecular weight excluding hydrogens is 460 g/mol. The summed E-state index contributed by atoms with van der Waals surface area (Å²) in [5.41, 5.74) is 11.3. The third kappa shape index (κ3) is 3.53. The van der Waals surface area contributed by atoms with Crippen LogP contribution >= 0.6 is 0 Å². The van der Waals surface area contributed by atoms with Gasteiger partial charge in [0.2, 0.25) is 0 Å². The zero-order valence-corrected chi connectivity index (χ0v) is 20.1. The van der Waals surface area contributed by atoms with Gasteiger partial charge in [-0.15, -0.1) is 0 Å². The second-order valence-corrected chi connectivity index (χ2v) is 10.8. The SMILES string of the molecule is N[C@@H]1CCCN(C(=O)c2cc3c4c(c2)nc(-c2cc5cc(F)c(F)cc5n2CC2CC2)n4CCC3)C1. The number of hydrogen-bond donors (Lipinski definition) is 1. The fraction of sp³-hybridized carbons (Fsp3) is 0.429. The lowest BCUT2D eigenvalue weighted by molar-refractivity contribution is 0.0709. The summed E-state index contributed by atoms with van der Waals surface area (Å²) in [5.74, 6) is -0.308. The summed E-state index contributed by atoms with van der Waals surface area (Å²) in [6.07, 6.45) is 6.01. The number of benzene rings is 2. The molecule has 2 aromatic heterocycles. The van der Waals surface area contributed by atoms with Crippen molar-refractivity contribution in [2.45, 2.75) is 57.7 Å². The van der Waals surface area contributed by atoms with Crippen LogP contribution in [-0.2, 0) is 19.5 Å². The molecule has 2 aliphatic heterocycles. The topological polar surface area (TPSA) is 69.1 Å². The monoisotopic (exact) mass is 489 g/mol. The lowest BCUT2D eigenvalue weighted by atomic mass is 9.99. The Labute approximate surface area is 207 Å². The highest BCUT2D eigenvalue weighted by Crippen LogP contribution is 2.38. The molecule has 4 heterocycles. The van der Waals surface area contributed by atoms with Crippen molar-refractivity contribution in [3.05, 3.63) is 53.1 Å². The van der Waals surface area contributed by atoms with E-state index in [0.29, 0.717) is 28.9 Å². The van der Waals surface area contributed by atoms with Crippen molar-refractivity contribution in [2.24, 2.45) is 11.7 Å². The van der Waals surface area contributed by atoms with Gasteiger partial charge in [0.1, 0.15) is 0 Å². The van der Waals surface area contributed by atoms with Gasteiger partial charge in [0.15, 0.2) is 17.5 Å². The van der Waals surface area contributed by atoms with Gasteiger partial charge in [0.25, 0.3) is 5.91 Å². The summed E-state index contributed by atoms with van der Waals surface area (Å²) in [7, 11) is 0. The number of nitrogens with two attached hydrogens (primary N) is 1. The predicted octanol–water partition coefficient (Wildman–Crippen LogP) is 4.86. The molecule has 186 valence electrons. The number of hydrogen-bond acceptors (Lipinski definition) is 3. The number of amides is 1. The lowest BCUT2D eigenvalue weighted by Crippen LogP contribution is -2.45. The van der Waals surface area contributed by atoms with Crippen LogP contribution in [0.25, 0.3) is 33.5 Å². The van der Waals surface area contributed by atoms with Crippen molar-refractivity contribution in [3.8, 4) is 11.5 Å². The van der Waals surface area contributed by atoms with Crippen LogP contribution in [-0.4, -0.2) is 44.1 Å². The summed E-state index contributed by atoms with van der Waals surface area (Å²) >= 11 is 0. The van der Waals surface area contributed by atoms with Crippen molar-refractivity contribution in [2.75, 3.05) is 13.1 Å². The minimum atomic E-state index is -0.838. The van der Waals surface area contributed by atoms with E-state index in [-0.39, 0.29) is 11.9 Å². The van der Waals surface area contributed by atoms with Gasteiger partial charge < -0.3 is 19.8 Å². The first kappa shape index (κ1) is 22.0. The van der Waals surface area contributed by atoms with Crippen LogP contribution in [0.15, 0.2) is 30.3 Å². The Morgan fingerprint density at radius 2 is 1.86 bits per heavy atom. The number of piperidine rings is 1. The van der Waals surface area contributed by atoms with Gasteiger partial charge in [0.05, 0.1) is 22.2 Å². The minimum absolute atomic E-state index is 0.0128. The van der Waals surface area contributed by atoms with Crippen LogP contribution < -0.4 is 5.73 Å². The first-order valence-electron chi connectivity index (χ1n) is 13.0. The Morgan fingerprint density at radius 1 is 1.03 bits per heavy atom. The minimum Gasteiger partial charge on any atom is -0.338 e. The summed E-state index contributed by atoms with van der Waals surface area (Å²) in [6, 6.07) is 8.47. The molecule has 7 rings (SSSR count). The molecule has 0 spiro atoms. The molecule has 1 saturated heterocycles. The molecule has 4 aromatic rings. The molecule has 8 heteroatoms. The molecule has 1 atom stereocenters. The molecule has 1 saturated carbocycles. The Hall–Kier alpha value is -3.26. The van der Waals surface area contributed by atoms with E-state index in [0.717, 1.165) is 86.3 Å². The lowest BCUT2D eigenvalue weighted by Gasteiger charge is -2.31. The standard InChI is InChI=1S/C28H29F2N5O/c29-21-10-18-12-25(35(14-16-5-6-16)24(18)13-22(21)30)27-32-23-11-19(9-17-3-1-8-34(27)26(17)23)28(36)33-7-2-4-20(31)15-33/h9-13,16,20H,1-8,14-15,31H2/t20-/m1/s1. The fourth-order valence-corrected chi connectivity index (χ4v) is 6.08. The molecule has 2 aromatic carbocycles. The molecule has 0 unspecified atom stereocenters. The van der Waals surface area contributed by atoms with Crippen LogP contribution in [0.2, 0.25) is 0 Å². The highest BCUT2D eigenvalue weighted by atomic mass is 19.2. The number of imidazole rings is 1. The molecule has 0 radical (unpaired) electrons. The second-order valence-electron chi connectivity index (χ2n) is 10.8. The van der Waals surface area contributed by atoms with Gasteiger partial charge >= 0.3 is 0 Å². The van der Waals surface area contributed by atoms with Gasteiger partial charge in [-0.2, -0.15) is 0 Å². The van der Waals surface area contributed by atoms with Gasteiger partial charge in [-0.25, -0.2) is 13.8 Å². The Bertz CT molecular complexity index is 1530. The molecule has 1 amide bonds. The summed E-state index contributed by atoms with van der Waals surface area (Å²) in [5, 5.41) is 0.678. The quantitative estimate of drug-likeness (QED) is 0.445. The van der Waals surface area contributed by atoms with Gasteiger partial charge in [-0.1, -0.05) is 0 Å². The summed E-state index contributed by atoms with van der Waals surface area (Å²) in [6.45, 7) is 2.90. The Kier molecular flexibility index (Phi) is 4.96. The highest BCUT2D eigenvalue weighted by molar-refractivity contribution is 5.99.